The first-order valence-corrected chi connectivity index (χ1v) is 8.28. The summed E-state index contributed by atoms with van der Waals surface area (Å²) in [4.78, 5) is 42.1. The van der Waals surface area contributed by atoms with Crippen molar-refractivity contribution in [2.24, 2.45) is 0 Å². The smallest absolute Gasteiger partial charge is 0.262 e. The molecule has 0 saturated carbocycles. The summed E-state index contributed by atoms with van der Waals surface area (Å²) in [6.07, 6.45) is 4.38. The molecule has 2 aromatic heterocycles. The fourth-order valence-electron chi connectivity index (χ4n) is 3.02. The van der Waals surface area contributed by atoms with Gasteiger partial charge in [0.1, 0.15) is 12.2 Å². The normalized spacial score (nSPS) is 13.3. The third-order valence-electron chi connectivity index (χ3n) is 4.30. The second kappa shape index (κ2) is 6.44. The van der Waals surface area contributed by atoms with Gasteiger partial charge < -0.3 is 9.72 Å². The van der Waals surface area contributed by atoms with E-state index >= 15 is 0 Å². The summed E-state index contributed by atoms with van der Waals surface area (Å²) in [5, 5.41) is 2.74. The van der Waals surface area contributed by atoms with Crippen molar-refractivity contribution >= 4 is 23.4 Å². The van der Waals surface area contributed by atoms with Gasteiger partial charge in [0.2, 0.25) is 5.91 Å². The molecule has 0 fully saturated rings. The Morgan fingerprint density at radius 2 is 1.69 bits per heavy atom. The summed E-state index contributed by atoms with van der Waals surface area (Å²) < 4.78 is 1.91. The predicted octanol–water partition coefficient (Wildman–Crippen LogP) is 1.29. The van der Waals surface area contributed by atoms with Crippen molar-refractivity contribution in [1.82, 2.24) is 19.6 Å². The van der Waals surface area contributed by atoms with Gasteiger partial charge in [-0.2, -0.15) is 0 Å². The molecule has 0 unspecified atom stereocenters. The zero-order chi connectivity index (χ0) is 18.1. The predicted molar refractivity (Wildman–Crippen MR) is 93.7 cm³/mol. The number of hydrogen-bond donors (Lipinski definition) is 1. The van der Waals surface area contributed by atoms with Crippen molar-refractivity contribution in [3.63, 3.8) is 0 Å². The summed E-state index contributed by atoms with van der Waals surface area (Å²) in [5.74, 6) is -1.23. The molecule has 0 saturated heterocycles. The van der Waals surface area contributed by atoms with E-state index < -0.39 is 11.8 Å². The molecule has 4 rings (SSSR count). The minimum absolute atomic E-state index is 0.280. The molecule has 1 N–H and O–H groups in total. The second-order valence-corrected chi connectivity index (χ2v) is 6.04. The summed E-state index contributed by atoms with van der Waals surface area (Å²) in [5.41, 5.74) is 2.39. The van der Waals surface area contributed by atoms with Crippen LogP contribution in [-0.4, -0.2) is 45.1 Å². The molecule has 0 bridgehead atoms. The maximum absolute atomic E-state index is 12.2. The largest absolute Gasteiger partial charge is 0.354 e. The number of rotatable bonds is 5. The monoisotopic (exact) mass is 348 g/mol. The minimum Gasteiger partial charge on any atom is -0.354 e. The van der Waals surface area contributed by atoms with Crippen LogP contribution in [0.3, 0.4) is 0 Å². The number of pyridine rings is 1. The Labute approximate surface area is 149 Å². The molecule has 1 aliphatic rings. The molecule has 1 aromatic carbocycles. The average molecular weight is 348 g/mol. The Balaban J connectivity index is 1.33. The van der Waals surface area contributed by atoms with E-state index in [1.807, 2.05) is 35.0 Å². The third-order valence-corrected chi connectivity index (χ3v) is 4.30. The Morgan fingerprint density at radius 3 is 2.38 bits per heavy atom. The van der Waals surface area contributed by atoms with E-state index in [9.17, 15) is 14.4 Å². The number of nitrogens with zero attached hydrogens (tertiary/aromatic N) is 3. The fraction of sp³-hybridized carbons (Fsp3) is 0.158. The topological polar surface area (TPSA) is 83.8 Å². The van der Waals surface area contributed by atoms with Gasteiger partial charge in [-0.05, 0) is 24.3 Å². The second-order valence-electron chi connectivity index (χ2n) is 6.04. The first kappa shape index (κ1) is 16.0. The number of amides is 3. The molecular weight excluding hydrogens is 332 g/mol. The number of hydrogen-bond acceptors (Lipinski definition) is 4. The molecule has 7 nitrogen and oxygen atoms in total. The minimum atomic E-state index is -0.430. The molecule has 26 heavy (non-hydrogen) atoms. The number of aromatic nitrogens is 2. The highest BCUT2D eigenvalue weighted by Gasteiger charge is 2.36. The van der Waals surface area contributed by atoms with Gasteiger partial charge >= 0.3 is 0 Å². The summed E-state index contributed by atoms with van der Waals surface area (Å²) in [6, 6.07) is 12.3. The van der Waals surface area contributed by atoms with Crippen LogP contribution in [0.5, 0.6) is 0 Å². The van der Waals surface area contributed by atoms with E-state index in [1.165, 1.54) is 0 Å². The maximum Gasteiger partial charge on any atom is 0.262 e. The molecule has 1 aliphatic heterocycles. The fourth-order valence-corrected chi connectivity index (χ4v) is 3.02. The highest BCUT2D eigenvalue weighted by atomic mass is 16.2. The highest BCUT2D eigenvalue weighted by Crippen LogP contribution is 2.21. The van der Waals surface area contributed by atoms with Crippen molar-refractivity contribution in [2.45, 2.75) is 6.42 Å². The number of imidazole rings is 1. The maximum atomic E-state index is 12.2. The Bertz CT molecular complexity index is 956. The van der Waals surface area contributed by atoms with Gasteiger partial charge in [-0.15, -0.1) is 0 Å². The van der Waals surface area contributed by atoms with Crippen LogP contribution in [-0.2, 0) is 11.2 Å². The Kier molecular flexibility index (Phi) is 3.96. The van der Waals surface area contributed by atoms with Crippen LogP contribution in [0, 0.1) is 0 Å². The number of carbonyl (C=O) groups is 3. The van der Waals surface area contributed by atoms with E-state index in [4.69, 9.17) is 0 Å². The van der Waals surface area contributed by atoms with Gasteiger partial charge in [0.25, 0.3) is 11.8 Å². The van der Waals surface area contributed by atoms with Gasteiger partial charge in [-0.25, -0.2) is 4.98 Å². The lowest BCUT2D eigenvalue weighted by Crippen LogP contribution is -2.40. The van der Waals surface area contributed by atoms with E-state index in [1.54, 1.807) is 24.3 Å². The molecule has 0 radical (unpaired) electrons. The summed E-state index contributed by atoms with van der Waals surface area (Å²) in [7, 11) is 0. The number of nitrogens with one attached hydrogen (secondary N) is 1. The molecule has 3 aromatic rings. The molecule has 0 aliphatic carbocycles. The first-order valence-electron chi connectivity index (χ1n) is 8.28. The van der Waals surface area contributed by atoms with E-state index in [-0.39, 0.29) is 12.5 Å². The van der Waals surface area contributed by atoms with Crippen LogP contribution in [0.25, 0.3) is 5.65 Å². The highest BCUT2D eigenvalue weighted by molar-refractivity contribution is 6.22. The molecule has 7 heteroatoms. The van der Waals surface area contributed by atoms with Crippen LogP contribution in [0.4, 0.5) is 0 Å². The average Bonchev–Trinajstić information content (AvgIpc) is 3.16. The molecule has 3 heterocycles. The lowest BCUT2D eigenvalue weighted by atomic mass is 10.1. The van der Waals surface area contributed by atoms with Gasteiger partial charge in [0.05, 0.1) is 16.8 Å². The van der Waals surface area contributed by atoms with Gasteiger partial charge in [0, 0.05) is 25.4 Å². The van der Waals surface area contributed by atoms with E-state index in [0.29, 0.717) is 24.1 Å². The van der Waals surface area contributed by atoms with Crippen LogP contribution >= 0.6 is 0 Å². The van der Waals surface area contributed by atoms with Crippen molar-refractivity contribution in [2.75, 3.05) is 13.1 Å². The number of fused-ring (bicyclic) bond motifs is 2. The van der Waals surface area contributed by atoms with Gasteiger partial charge in [0.15, 0.2) is 0 Å². The van der Waals surface area contributed by atoms with Crippen LogP contribution < -0.4 is 5.32 Å². The number of imide groups is 1. The zero-order valence-corrected chi connectivity index (χ0v) is 13.9. The number of benzene rings is 1. The lowest BCUT2D eigenvalue weighted by molar-refractivity contribution is -0.121. The molecule has 3 amide bonds. The van der Waals surface area contributed by atoms with Crippen molar-refractivity contribution < 1.29 is 14.4 Å². The van der Waals surface area contributed by atoms with Crippen LogP contribution in [0.1, 0.15) is 26.4 Å². The van der Waals surface area contributed by atoms with Gasteiger partial charge in [-0.3, -0.25) is 19.3 Å². The van der Waals surface area contributed by atoms with Gasteiger partial charge in [-0.1, -0.05) is 18.2 Å². The molecular formula is C19H16N4O3. The van der Waals surface area contributed by atoms with Crippen LogP contribution in [0.15, 0.2) is 54.9 Å². The first-order chi connectivity index (χ1) is 12.6. The standard InChI is InChI=1S/C19H16N4O3/c24-17(12-23-18(25)14-5-1-2-6-15(14)19(23)26)20-9-8-13-11-22-10-4-3-7-16(22)21-13/h1-7,10-11H,8-9,12H2,(H,20,24). The summed E-state index contributed by atoms with van der Waals surface area (Å²) >= 11 is 0. The molecule has 130 valence electrons. The third kappa shape index (κ3) is 2.83. The SMILES string of the molecule is O=C(CN1C(=O)c2ccccc2C1=O)NCCc1cn2ccccc2n1. The molecule has 0 atom stereocenters. The molecule has 0 spiro atoms. The van der Waals surface area contributed by atoms with E-state index in [2.05, 4.69) is 10.3 Å². The Morgan fingerprint density at radius 1 is 1.00 bits per heavy atom. The van der Waals surface area contributed by atoms with Crippen LogP contribution in [0.2, 0.25) is 0 Å². The Hall–Kier alpha value is -3.48. The van der Waals surface area contributed by atoms with Crippen molar-refractivity contribution in [1.29, 1.82) is 0 Å². The lowest BCUT2D eigenvalue weighted by Gasteiger charge is -2.13. The zero-order valence-electron chi connectivity index (χ0n) is 13.9. The summed E-state index contributed by atoms with van der Waals surface area (Å²) in [6.45, 7) is 0.101. The quantitative estimate of drug-likeness (QED) is 0.704. The van der Waals surface area contributed by atoms with Crippen molar-refractivity contribution in [3.8, 4) is 0 Å². The number of carbonyl (C=O) groups excluding carboxylic acids is 3. The van der Waals surface area contributed by atoms with Crippen molar-refractivity contribution in [3.05, 3.63) is 71.7 Å². The van der Waals surface area contributed by atoms with E-state index in [0.717, 1.165) is 16.2 Å².